The Hall–Kier alpha value is -1.61. The van der Waals surface area contributed by atoms with Gasteiger partial charge in [0.15, 0.2) is 0 Å². The molecular weight excluding hydrogens is 178 g/mol. The van der Waals surface area contributed by atoms with Crippen LogP contribution in [0.5, 0.6) is 0 Å². The van der Waals surface area contributed by atoms with Gasteiger partial charge >= 0.3 is 0 Å². The summed E-state index contributed by atoms with van der Waals surface area (Å²) in [4.78, 5) is 11.1. The minimum absolute atomic E-state index is 0.0148. The number of nitrogens with one attached hydrogen (secondary N) is 1. The molecule has 0 atom stereocenters. The molecule has 0 aliphatic rings. The van der Waals surface area contributed by atoms with Gasteiger partial charge in [-0.05, 0) is 17.7 Å². The predicted octanol–water partition coefficient (Wildman–Crippen LogP) is 1.69. The van der Waals surface area contributed by atoms with Crippen LogP contribution in [-0.4, -0.2) is 11.0 Å². The molecule has 0 heterocycles. The maximum Gasteiger partial charge on any atom is 0.228 e. The molecule has 1 aromatic rings. The van der Waals surface area contributed by atoms with E-state index in [1.807, 2.05) is 0 Å². The zero-order valence-electron chi connectivity index (χ0n) is 7.86. The van der Waals surface area contributed by atoms with Crippen LogP contribution in [-0.2, 0) is 11.4 Å². The number of aliphatic hydroxyl groups excluding tert-OH is 1. The average molecular weight is 191 g/mol. The summed E-state index contributed by atoms with van der Waals surface area (Å²) in [7, 11) is 0. The number of rotatable bonds is 4. The summed E-state index contributed by atoms with van der Waals surface area (Å²) in [6.07, 6.45) is 1.86. The third kappa shape index (κ3) is 3.03. The minimum atomic E-state index is -0.0863. The van der Waals surface area contributed by atoms with Crippen molar-refractivity contribution in [2.45, 2.75) is 13.0 Å². The molecular formula is C11H13NO2. The normalized spacial score (nSPS) is 9.50. The van der Waals surface area contributed by atoms with Crippen molar-refractivity contribution in [1.29, 1.82) is 0 Å². The van der Waals surface area contributed by atoms with Crippen LogP contribution in [0.2, 0.25) is 0 Å². The Balaban J connectivity index is 2.59. The van der Waals surface area contributed by atoms with E-state index >= 15 is 0 Å². The standard InChI is InChI=1S/C11H13NO2/c1-2-3-11(14)12-10-6-4-9(8-13)5-7-10/h2,4-7,13H,1,3,8H2,(H,12,14). The molecule has 0 spiro atoms. The molecule has 0 saturated carbocycles. The highest BCUT2D eigenvalue weighted by Crippen LogP contribution is 2.09. The van der Waals surface area contributed by atoms with Crippen molar-refractivity contribution in [2.24, 2.45) is 0 Å². The SMILES string of the molecule is C=CCC(=O)Nc1ccc(CO)cc1. The van der Waals surface area contributed by atoms with Gasteiger partial charge < -0.3 is 10.4 Å². The molecule has 0 bridgehead atoms. The summed E-state index contributed by atoms with van der Waals surface area (Å²) in [5.74, 6) is -0.0863. The number of benzene rings is 1. The molecule has 0 unspecified atom stereocenters. The smallest absolute Gasteiger partial charge is 0.228 e. The molecule has 3 heteroatoms. The Labute approximate surface area is 83.1 Å². The van der Waals surface area contributed by atoms with Gasteiger partial charge in [0, 0.05) is 12.1 Å². The van der Waals surface area contributed by atoms with Crippen molar-refractivity contribution in [1.82, 2.24) is 0 Å². The first kappa shape index (κ1) is 10.5. The van der Waals surface area contributed by atoms with Gasteiger partial charge in [0.1, 0.15) is 0 Å². The van der Waals surface area contributed by atoms with Gasteiger partial charge in [0.05, 0.1) is 6.61 Å². The van der Waals surface area contributed by atoms with Crippen molar-refractivity contribution in [3.63, 3.8) is 0 Å². The molecule has 0 saturated heterocycles. The average Bonchev–Trinajstić information content (AvgIpc) is 2.19. The maximum atomic E-state index is 11.1. The predicted molar refractivity (Wildman–Crippen MR) is 55.8 cm³/mol. The second-order valence-corrected chi connectivity index (χ2v) is 2.90. The van der Waals surface area contributed by atoms with Gasteiger partial charge in [-0.15, -0.1) is 6.58 Å². The van der Waals surface area contributed by atoms with Crippen LogP contribution in [0.4, 0.5) is 5.69 Å². The molecule has 14 heavy (non-hydrogen) atoms. The number of carbonyl (C=O) groups excluding carboxylic acids is 1. The van der Waals surface area contributed by atoms with Crippen molar-refractivity contribution in [3.05, 3.63) is 42.5 Å². The lowest BCUT2D eigenvalue weighted by atomic mass is 10.2. The fourth-order valence-electron chi connectivity index (χ4n) is 1.04. The number of carbonyl (C=O) groups is 1. The van der Waals surface area contributed by atoms with Crippen LogP contribution in [0.15, 0.2) is 36.9 Å². The Bertz CT molecular complexity index is 317. The lowest BCUT2D eigenvalue weighted by Crippen LogP contribution is -2.09. The zero-order valence-corrected chi connectivity index (χ0v) is 7.86. The summed E-state index contributed by atoms with van der Waals surface area (Å²) < 4.78 is 0. The fourth-order valence-corrected chi connectivity index (χ4v) is 1.04. The van der Waals surface area contributed by atoms with Gasteiger partial charge in [-0.2, -0.15) is 0 Å². The van der Waals surface area contributed by atoms with E-state index in [9.17, 15) is 4.79 Å². The van der Waals surface area contributed by atoms with Gasteiger partial charge in [0.25, 0.3) is 0 Å². The summed E-state index contributed by atoms with van der Waals surface area (Å²) in [6.45, 7) is 3.49. The molecule has 3 nitrogen and oxygen atoms in total. The second kappa shape index (κ2) is 5.19. The highest BCUT2D eigenvalue weighted by atomic mass is 16.3. The number of aliphatic hydroxyl groups is 1. The lowest BCUT2D eigenvalue weighted by Gasteiger charge is -2.03. The molecule has 0 aliphatic heterocycles. The van der Waals surface area contributed by atoms with Crippen LogP contribution in [0, 0.1) is 0 Å². The molecule has 0 aromatic heterocycles. The van der Waals surface area contributed by atoms with E-state index in [0.717, 1.165) is 11.3 Å². The van der Waals surface area contributed by atoms with Crippen molar-refractivity contribution in [2.75, 3.05) is 5.32 Å². The Morgan fingerprint density at radius 3 is 2.57 bits per heavy atom. The molecule has 1 aromatic carbocycles. The summed E-state index contributed by atoms with van der Waals surface area (Å²) >= 11 is 0. The first-order valence-electron chi connectivity index (χ1n) is 4.37. The Kier molecular flexibility index (Phi) is 3.88. The summed E-state index contributed by atoms with van der Waals surface area (Å²) in [5.41, 5.74) is 1.56. The number of hydrogen-bond donors (Lipinski definition) is 2. The monoisotopic (exact) mass is 191 g/mol. The van der Waals surface area contributed by atoms with Crippen molar-refractivity contribution in [3.8, 4) is 0 Å². The van der Waals surface area contributed by atoms with E-state index in [2.05, 4.69) is 11.9 Å². The maximum absolute atomic E-state index is 11.1. The molecule has 0 aliphatic carbocycles. The quantitative estimate of drug-likeness (QED) is 0.711. The van der Waals surface area contributed by atoms with Crippen molar-refractivity contribution < 1.29 is 9.90 Å². The van der Waals surface area contributed by atoms with Gasteiger partial charge in [-0.3, -0.25) is 4.79 Å². The lowest BCUT2D eigenvalue weighted by molar-refractivity contribution is -0.115. The van der Waals surface area contributed by atoms with Crippen LogP contribution < -0.4 is 5.32 Å². The first-order chi connectivity index (χ1) is 6.76. The number of anilines is 1. The fraction of sp³-hybridized carbons (Fsp3) is 0.182. The van der Waals surface area contributed by atoms with Gasteiger partial charge in [-0.25, -0.2) is 0 Å². The van der Waals surface area contributed by atoms with Crippen LogP contribution >= 0.6 is 0 Å². The topological polar surface area (TPSA) is 49.3 Å². The van der Waals surface area contributed by atoms with Crippen molar-refractivity contribution >= 4 is 11.6 Å². The van der Waals surface area contributed by atoms with Gasteiger partial charge in [0.2, 0.25) is 5.91 Å². The van der Waals surface area contributed by atoms with E-state index in [1.165, 1.54) is 0 Å². The minimum Gasteiger partial charge on any atom is -0.392 e. The number of amides is 1. The highest BCUT2D eigenvalue weighted by Gasteiger charge is 1.98. The Morgan fingerprint density at radius 2 is 2.07 bits per heavy atom. The molecule has 0 radical (unpaired) electrons. The van der Waals surface area contributed by atoms with E-state index in [0.29, 0.717) is 6.42 Å². The van der Waals surface area contributed by atoms with Crippen LogP contribution in [0.3, 0.4) is 0 Å². The van der Waals surface area contributed by atoms with Gasteiger partial charge in [-0.1, -0.05) is 18.2 Å². The highest BCUT2D eigenvalue weighted by molar-refractivity contribution is 5.91. The van der Waals surface area contributed by atoms with Crippen LogP contribution in [0.1, 0.15) is 12.0 Å². The molecule has 0 fully saturated rings. The third-order valence-electron chi connectivity index (χ3n) is 1.75. The zero-order chi connectivity index (χ0) is 10.4. The first-order valence-corrected chi connectivity index (χ1v) is 4.37. The third-order valence-corrected chi connectivity index (χ3v) is 1.75. The Morgan fingerprint density at radius 1 is 1.43 bits per heavy atom. The van der Waals surface area contributed by atoms with E-state index < -0.39 is 0 Å². The summed E-state index contributed by atoms with van der Waals surface area (Å²) in [5, 5.41) is 11.5. The molecule has 74 valence electrons. The van der Waals surface area contributed by atoms with Crippen LogP contribution in [0.25, 0.3) is 0 Å². The number of hydrogen-bond acceptors (Lipinski definition) is 2. The van der Waals surface area contributed by atoms with E-state index in [-0.39, 0.29) is 12.5 Å². The summed E-state index contributed by atoms with van der Waals surface area (Å²) in [6, 6.07) is 7.05. The second-order valence-electron chi connectivity index (χ2n) is 2.90. The molecule has 1 rings (SSSR count). The molecule has 1 amide bonds. The largest absolute Gasteiger partial charge is 0.392 e. The molecule has 2 N–H and O–H groups in total. The van der Waals surface area contributed by atoms with E-state index in [4.69, 9.17) is 5.11 Å². The van der Waals surface area contributed by atoms with E-state index in [1.54, 1.807) is 30.3 Å².